The highest BCUT2D eigenvalue weighted by molar-refractivity contribution is 5.42. The van der Waals surface area contributed by atoms with Gasteiger partial charge in [-0.3, -0.25) is 0 Å². The van der Waals surface area contributed by atoms with Crippen molar-refractivity contribution < 1.29 is 14.2 Å². The third-order valence-corrected chi connectivity index (χ3v) is 6.21. The Morgan fingerprint density at radius 1 is 1.03 bits per heavy atom. The van der Waals surface area contributed by atoms with Gasteiger partial charge in [-0.2, -0.15) is 0 Å². The summed E-state index contributed by atoms with van der Waals surface area (Å²) in [5.41, 5.74) is 2.64. The molecule has 0 saturated carbocycles. The van der Waals surface area contributed by atoms with Crippen molar-refractivity contribution in [1.29, 1.82) is 0 Å². The smallest absolute Gasteiger partial charge is 0.161 e. The van der Waals surface area contributed by atoms with Gasteiger partial charge in [0, 0.05) is 13.2 Å². The van der Waals surface area contributed by atoms with Gasteiger partial charge in [0.1, 0.15) is 0 Å². The summed E-state index contributed by atoms with van der Waals surface area (Å²) in [7, 11) is 3.35. The van der Waals surface area contributed by atoms with Gasteiger partial charge in [-0.05, 0) is 81.2 Å². The summed E-state index contributed by atoms with van der Waals surface area (Å²) in [6.07, 6.45) is 4.61. The SMILES string of the molecule is COc1ccc(CNCC[C@@H](Cc2ccccc2)[C@H]2CCOC(C)(C)C2)cc1OC. The summed E-state index contributed by atoms with van der Waals surface area (Å²) in [6, 6.07) is 17.0. The molecule has 0 aliphatic carbocycles. The zero-order valence-electron chi connectivity index (χ0n) is 18.9. The predicted molar refractivity (Wildman–Crippen MR) is 122 cm³/mol. The molecule has 164 valence electrons. The summed E-state index contributed by atoms with van der Waals surface area (Å²) in [6.45, 7) is 7.17. The number of hydrogen-bond acceptors (Lipinski definition) is 4. The van der Waals surface area contributed by atoms with Crippen LogP contribution in [0.5, 0.6) is 11.5 Å². The maximum Gasteiger partial charge on any atom is 0.161 e. The first-order chi connectivity index (χ1) is 14.5. The standard InChI is InChI=1S/C26H37NO3/c1-26(2)18-23(13-15-30-26)22(16-20-8-6-5-7-9-20)12-14-27-19-21-10-11-24(28-3)25(17-21)29-4/h5-11,17,22-23,27H,12-16,18-19H2,1-4H3/t22-,23-/m0/s1. The molecule has 1 fully saturated rings. The van der Waals surface area contributed by atoms with Crippen LogP contribution in [0.3, 0.4) is 0 Å². The van der Waals surface area contributed by atoms with E-state index in [0.29, 0.717) is 11.8 Å². The Bertz CT molecular complexity index is 775. The van der Waals surface area contributed by atoms with Gasteiger partial charge < -0.3 is 19.5 Å². The van der Waals surface area contributed by atoms with E-state index in [9.17, 15) is 0 Å². The molecule has 1 N–H and O–H groups in total. The maximum atomic E-state index is 5.98. The van der Waals surface area contributed by atoms with Crippen molar-refractivity contribution in [3.63, 3.8) is 0 Å². The average Bonchev–Trinajstić information content (AvgIpc) is 2.75. The molecular formula is C26H37NO3. The van der Waals surface area contributed by atoms with Crippen LogP contribution in [0.1, 0.15) is 44.2 Å². The minimum atomic E-state index is -0.00900. The Hall–Kier alpha value is -2.04. The summed E-state index contributed by atoms with van der Waals surface area (Å²) in [4.78, 5) is 0. The molecule has 1 aliphatic rings. The second-order valence-electron chi connectivity index (χ2n) is 8.97. The van der Waals surface area contributed by atoms with Crippen LogP contribution in [0, 0.1) is 11.8 Å². The van der Waals surface area contributed by atoms with Gasteiger partial charge >= 0.3 is 0 Å². The van der Waals surface area contributed by atoms with Crippen molar-refractivity contribution >= 4 is 0 Å². The first kappa shape index (κ1) is 22.6. The van der Waals surface area contributed by atoms with Gasteiger partial charge in [0.15, 0.2) is 11.5 Å². The van der Waals surface area contributed by atoms with Crippen molar-refractivity contribution in [2.24, 2.45) is 11.8 Å². The fourth-order valence-electron chi connectivity index (χ4n) is 4.61. The van der Waals surface area contributed by atoms with Crippen molar-refractivity contribution in [2.75, 3.05) is 27.4 Å². The number of nitrogens with one attached hydrogen (secondary N) is 1. The molecule has 1 heterocycles. The summed E-state index contributed by atoms with van der Waals surface area (Å²) in [5.74, 6) is 2.92. The third-order valence-electron chi connectivity index (χ3n) is 6.21. The molecule has 4 heteroatoms. The molecule has 30 heavy (non-hydrogen) atoms. The quantitative estimate of drug-likeness (QED) is 0.542. The van der Waals surface area contributed by atoms with E-state index in [1.165, 1.54) is 17.5 Å². The number of methoxy groups -OCH3 is 2. The molecule has 0 amide bonds. The van der Waals surface area contributed by atoms with Crippen LogP contribution in [0.25, 0.3) is 0 Å². The molecule has 4 nitrogen and oxygen atoms in total. The second-order valence-corrected chi connectivity index (χ2v) is 8.97. The fraction of sp³-hybridized carbons (Fsp3) is 0.538. The largest absolute Gasteiger partial charge is 0.493 e. The van der Waals surface area contributed by atoms with Crippen LogP contribution in [0.15, 0.2) is 48.5 Å². The summed E-state index contributed by atoms with van der Waals surface area (Å²) in [5, 5.41) is 3.64. The summed E-state index contributed by atoms with van der Waals surface area (Å²) < 4.78 is 16.7. The molecule has 0 aromatic heterocycles. The molecule has 2 aromatic rings. The lowest BCUT2D eigenvalue weighted by atomic mass is 9.75. The molecule has 1 saturated heterocycles. The Labute approximate surface area is 181 Å². The molecule has 3 rings (SSSR count). The first-order valence-electron chi connectivity index (χ1n) is 11.1. The Kier molecular flexibility index (Phi) is 8.17. The van der Waals surface area contributed by atoms with E-state index in [2.05, 4.69) is 55.6 Å². The lowest BCUT2D eigenvalue weighted by Crippen LogP contribution is -2.38. The highest BCUT2D eigenvalue weighted by atomic mass is 16.5. The van der Waals surface area contributed by atoms with Crippen LogP contribution in [-0.4, -0.2) is 33.0 Å². The minimum Gasteiger partial charge on any atom is -0.493 e. The first-order valence-corrected chi connectivity index (χ1v) is 11.1. The molecule has 0 radical (unpaired) electrons. The molecule has 0 bridgehead atoms. The summed E-state index contributed by atoms with van der Waals surface area (Å²) >= 11 is 0. The molecule has 1 aliphatic heterocycles. The van der Waals surface area contributed by atoms with E-state index in [4.69, 9.17) is 14.2 Å². The molecule has 2 aromatic carbocycles. The van der Waals surface area contributed by atoms with Gasteiger partial charge in [0.2, 0.25) is 0 Å². The van der Waals surface area contributed by atoms with Gasteiger partial charge in [-0.1, -0.05) is 36.4 Å². The Morgan fingerprint density at radius 2 is 1.80 bits per heavy atom. The van der Waals surface area contributed by atoms with Gasteiger partial charge in [-0.25, -0.2) is 0 Å². The zero-order chi connectivity index (χ0) is 21.4. The average molecular weight is 412 g/mol. The molecule has 2 atom stereocenters. The minimum absolute atomic E-state index is 0.00900. The second kappa shape index (κ2) is 10.8. The van der Waals surface area contributed by atoms with Crippen molar-refractivity contribution in [1.82, 2.24) is 5.32 Å². The topological polar surface area (TPSA) is 39.7 Å². The number of rotatable bonds is 10. The van der Waals surface area contributed by atoms with E-state index in [-0.39, 0.29) is 5.60 Å². The Balaban J connectivity index is 1.58. The molecule has 0 spiro atoms. The van der Waals surface area contributed by atoms with E-state index in [1.807, 2.05) is 12.1 Å². The molecular weight excluding hydrogens is 374 g/mol. The molecule has 0 unspecified atom stereocenters. The highest BCUT2D eigenvalue weighted by Crippen LogP contribution is 2.36. The lowest BCUT2D eigenvalue weighted by Gasteiger charge is -2.39. The number of hydrogen-bond donors (Lipinski definition) is 1. The van der Waals surface area contributed by atoms with Crippen LogP contribution in [0.2, 0.25) is 0 Å². The van der Waals surface area contributed by atoms with E-state index < -0.39 is 0 Å². The van der Waals surface area contributed by atoms with Crippen molar-refractivity contribution in [3.8, 4) is 11.5 Å². The highest BCUT2D eigenvalue weighted by Gasteiger charge is 2.33. The predicted octanol–water partition coefficient (Wildman–Crippen LogP) is 5.25. The monoisotopic (exact) mass is 411 g/mol. The fourth-order valence-corrected chi connectivity index (χ4v) is 4.61. The van der Waals surface area contributed by atoms with Crippen LogP contribution in [-0.2, 0) is 17.7 Å². The van der Waals surface area contributed by atoms with Crippen LogP contribution < -0.4 is 14.8 Å². The third kappa shape index (κ3) is 6.48. The van der Waals surface area contributed by atoms with Gasteiger partial charge in [0.05, 0.1) is 19.8 Å². The zero-order valence-corrected chi connectivity index (χ0v) is 18.9. The van der Waals surface area contributed by atoms with Gasteiger partial charge in [0.25, 0.3) is 0 Å². The normalized spacial score (nSPS) is 19.3. The van der Waals surface area contributed by atoms with Gasteiger partial charge in [-0.15, -0.1) is 0 Å². The number of ether oxygens (including phenoxy) is 3. The van der Waals surface area contributed by atoms with Crippen molar-refractivity contribution in [3.05, 3.63) is 59.7 Å². The van der Waals surface area contributed by atoms with E-state index in [0.717, 1.165) is 50.5 Å². The Morgan fingerprint density at radius 3 is 2.50 bits per heavy atom. The van der Waals surface area contributed by atoms with Crippen molar-refractivity contribution in [2.45, 2.75) is 51.7 Å². The van der Waals surface area contributed by atoms with E-state index in [1.54, 1.807) is 14.2 Å². The van der Waals surface area contributed by atoms with E-state index >= 15 is 0 Å². The number of benzene rings is 2. The lowest BCUT2D eigenvalue weighted by molar-refractivity contribution is -0.0830. The maximum absolute atomic E-state index is 5.98. The van der Waals surface area contributed by atoms with Crippen LogP contribution in [0.4, 0.5) is 0 Å². The van der Waals surface area contributed by atoms with Crippen LogP contribution >= 0.6 is 0 Å².